The molecule has 1 fully saturated rings. The van der Waals surface area contributed by atoms with E-state index in [1.165, 1.54) is 29.9 Å². The molecule has 3 aromatic heterocycles. The van der Waals surface area contributed by atoms with Crippen molar-refractivity contribution in [2.24, 2.45) is 5.92 Å². The van der Waals surface area contributed by atoms with Crippen molar-refractivity contribution >= 4 is 27.9 Å². The number of aromatic nitrogens is 5. The molecule has 0 saturated carbocycles. The molecule has 1 aliphatic heterocycles. The lowest BCUT2D eigenvalue weighted by molar-refractivity contribution is -0.148. The molecule has 0 bridgehead atoms. The number of sulfonamides is 1. The second-order valence-corrected chi connectivity index (χ2v) is 11.2. The normalized spacial score (nSPS) is 17.1. The lowest BCUT2D eigenvalue weighted by Gasteiger charge is -2.36. The summed E-state index contributed by atoms with van der Waals surface area (Å²) in [5, 5.41) is 7.18. The maximum Gasteiger partial charge on any atom is 0.310 e. The van der Waals surface area contributed by atoms with Gasteiger partial charge in [0.1, 0.15) is 17.2 Å². The summed E-state index contributed by atoms with van der Waals surface area (Å²) in [6, 6.07) is 8.36. The minimum Gasteiger partial charge on any atom is -0.494 e. The van der Waals surface area contributed by atoms with Crippen molar-refractivity contribution in [2.75, 3.05) is 43.5 Å². The number of hydrogen-bond donors (Lipinski definition) is 1. The van der Waals surface area contributed by atoms with Crippen LogP contribution in [0, 0.1) is 11.7 Å². The van der Waals surface area contributed by atoms with Gasteiger partial charge in [-0.25, -0.2) is 22.8 Å². The van der Waals surface area contributed by atoms with Crippen LogP contribution >= 0.6 is 0 Å². The van der Waals surface area contributed by atoms with E-state index in [-0.39, 0.29) is 43.8 Å². The van der Waals surface area contributed by atoms with Crippen LogP contribution in [0.3, 0.4) is 0 Å². The van der Waals surface area contributed by atoms with Crippen LogP contribution in [0.1, 0.15) is 13.3 Å². The number of methoxy groups -OCH3 is 2. The number of furan rings is 1. The van der Waals surface area contributed by atoms with E-state index >= 15 is 0 Å². The molecule has 0 unspecified atom stereocenters. The Bertz CT molecular complexity index is 1620. The molecule has 14 nitrogen and oxygen atoms in total. The number of piperidine rings is 1. The van der Waals surface area contributed by atoms with Crippen molar-refractivity contribution in [3.63, 3.8) is 0 Å². The Morgan fingerprint density at radius 1 is 1.10 bits per heavy atom. The van der Waals surface area contributed by atoms with Crippen molar-refractivity contribution in [1.82, 2.24) is 24.7 Å². The Morgan fingerprint density at radius 2 is 1.81 bits per heavy atom. The number of hydrogen-bond acceptors (Lipinski definition) is 12. The van der Waals surface area contributed by atoms with E-state index in [1.54, 1.807) is 37.3 Å². The molecule has 2 atom stereocenters. The standard InChI is InChI=1S/C26H28FN7O7S/c1-4-40-24(35)16-11-18(15-33(14-16)25-28-12-17(27)13-29-25)42(36,37)32-26-31-30-23(21-9-6-10-41-21)34(26)22-19(38-2)7-5-8-20(22)39-3/h5-10,12-13,16,18H,4,11,14-15H2,1-3H3,(H,31,32)/t16-,18-/m1/s1. The third kappa shape index (κ3) is 5.70. The van der Waals surface area contributed by atoms with Crippen molar-refractivity contribution in [1.29, 1.82) is 0 Å². The molecule has 5 rings (SSSR count). The zero-order valence-electron chi connectivity index (χ0n) is 22.9. The highest BCUT2D eigenvalue weighted by Gasteiger charge is 2.41. The quantitative estimate of drug-likeness (QED) is 0.265. The summed E-state index contributed by atoms with van der Waals surface area (Å²) in [5.74, 6) is -0.951. The van der Waals surface area contributed by atoms with E-state index in [2.05, 4.69) is 24.9 Å². The Labute approximate surface area is 240 Å². The van der Waals surface area contributed by atoms with E-state index in [0.29, 0.717) is 22.9 Å². The Morgan fingerprint density at radius 3 is 2.43 bits per heavy atom. The summed E-state index contributed by atoms with van der Waals surface area (Å²) in [6.45, 7) is 1.78. The van der Waals surface area contributed by atoms with E-state index in [0.717, 1.165) is 12.4 Å². The monoisotopic (exact) mass is 601 g/mol. The smallest absolute Gasteiger partial charge is 0.310 e. The third-order valence-electron chi connectivity index (χ3n) is 6.62. The highest BCUT2D eigenvalue weighted by molar-refractivity contribution is 7.93. The summed E-state index contributed by atoms with van der Waals surface area (Å²) in [6.07, 6.45) is 3.33. The average Bonchev–Trinajstić information content (AvgIpc) is 3.67. The molecular formula is C26H28FN7O7S. The van der Waals surface area contributed by atoms with Crippen molar-refractivity contribution in [3.8, 4) is 28.8 Å². The second kappa shape index (κ2) is 12.0. The van der Waals surface area contributed by atoms with Crippen LogP contribution in [0.25, 0.3) is 17.3 Å². The molecule has 1 saturated heterocycles. The molecule has 0 spiro atoms. The number of ether oxygens (including phenoxy) is 3. The summed E-state index contributed by atoms with van der Waals surface area (Å²) in [7, 11) is -1.33. The zero-order valence-corrected chi connectivity index (χ0v) is 23.7. The van der Waals surface area contributed by atoms with Gasteiger partial charge in [-0.2, -0.15) is 0 Å². The van der Waals surface area contributed by atoms with Crippen LogP contribution in [0.5, 0.6) is 11.5 Å². The predicted octanol–water partition coefficient (Wildman–Crippen LogP) is 2.67. The molecule has 0 amide bonds. The molecule has 0 radical (unpaired) electrons. The fraction of sp³-hybridized carbons (Fsp3) is 0.346. The van der Waals surface area contributed by atoms with Crippen LogP contribution in [-0.4, -0.2) is 78.3 Å². The van der Waals surface area contributed by atoms with E-state index in [4.69, 9.17) is 18.6 Å². The number of anilines is 2. The molecule has 16 heteroatoms. The van der Waals surface area contributed by atoms with Crippen LogP contribution in [-0.2, 0) is 19.6 Å². The minimum absolute atomic E-state index is 0.0526. The van der Waals surface area contributed by atoms with Crippen molar-refractivity contribution in [2.45, 2.75) is 18.6 Å². The molecule has 42 heavy (non-hydrogen) atoms. The number of nitrogens with one attached hydrogen (secondary N) is 1. The fourth-order valence-electron chi connectivity index (χ4n) is 4.73. The fourth-order valence-corrected chi connectivity index (χ4v) is 6.15. The highest BCUT2D eigenvalue weighted by Crippen LogP contribution is 2.38. The van der Waals surface area contributed by atoms with Gasteiger partial charge < -0.3 is 23.5 Å². The van der Waals surface area contributed by atoms with Gasteiger partial charge in [0, 0.05) is 13.1 Å². The first-order valence-electron chi connectivity index (χ1n) is 12.9. The Balaban J connectivity index is 1.55. The van der Waals surface area contributed by atoms with Crippen LogP contribution < -0.4 is 19.1 Å². The number of halogens is 1. The molecule has 1 aromatic carbocycles. The second-order valence-electron chi connectivity index (χ2n) is 9.23. The third-order valence-corrected chi connectivity index (χ3v) is 8.31. The van der Waals surface area contributed by atoms with Gasteiger partial charge in [0.25, 0.3) is 0 Å². The number of para-hydroxylation sites is 1. The lowest BCUT2D eigenvalue weighted by atomic mass is 9.98. The van der Waals surface area contributed by atoms with Crippen LogP contribution in [0.15, 0.2) is 53.4 Å². The summed E-state index contributed by atoms with van der Waals surface area (Å²) >= 11 is 0. The van der Waals surface area contributed by atoms with E-state index < -0.39 is 33.0 Å². The molecule has 4 aromatic rings. The zero-order chi connectivity index (χ0) is 29.9. The summed E-state index contributed by atoms with van der Waals surface area (Å²) in [4.78, 5) is 22.2. The first-order valence-corrected chi connectivity index (χ1v) is 14.4. The first kappa shape index (κ1) is 28.8. The lowest BCUT2D eigenvalue weighted by Crippen LogP contribution is -2.50. The number of benzene rings is 1. The Hall–Kier alpha value is -4.73. The van der Waals surface area contributed by atoms with Gasteiger partial charge in [-0.1, -0.05) is 6.07 Å². The van der Waals surface area contributed by atoms with Gasteiger partial charge in [-0.05, 0) is 37.6 Å². The Kier molecular flexibility index (Phi) is 8.24. The van der Waals surface area contributed by atoms with Gasteiger partial charge in [0.05, 0.1) is 50.7 Å². The van der Waals surface area contributed by atoms with Gasteiger partial charge in [0.15, 0.2) is 11.6 Å². The summed E-state index contributed by atoms with van der Waals surface area (Å²) < 4.78 is 67.2. The minimum atomic E-state index is -4.26. The topological polar surface area (TPSA) is 164 Å². The molecule has 1 aliphatic rings. The van der Waals surface area contributed by atoms with Crippen LogP contribution in [0.2, 0.25) is 0 Å². The number of esters is 1. The maximum absolute atomic E-state index is 13.9. The molecular weight excluding hydrogens is 573 g/mol. The maximum atomic E-state index is 13.9. The number of rotatable bonds is 10. The SMILES string of the molecule is CCOC(=O)[C@@H]1C[C@@H](S(=O)(=O)Nc2nnc(-c3ccco3)n2-c2c(OC)cccc2OC)CN(c2ncc(F)cn2)C1. The van der Waals surface area contributed by atoms with Crippen molar-refractivity contribution < 1.29 is 36.2 Å². The van der Waals surface area contributed by atoms with Gasteiger partial charge >= 0.3 is 5.97 Å². The number of carbonyl (C=O) groups is 1. The molecule has 1 N–H and O–H groups in total. The molecule has 222 valence electrons. The average molecular weight is 602 g/mol. The van der Waals surface area contributed by atoms with E-state index in [9.17, 15) is 17.6 Å². The van der Waals surface area contributed by atoms with Gasteiger partial charge in [-0.15, -0.1) is 10.2 Å². The van der Waals surface area contributed by atoms with Gasteiger partial charge in [0.2, 0.25) is 27.7 Å². The predicted molar refractivity (Wildman–Crippen MR) is 147 cm³/mol. The molecule has 0 aliphatic carbocycles. The molecule has 4 heterocycles. The number of carbonyl (C=O) groups excluding carboxylic acids is 1. The van der Waals surface area contributed by atoms with E-state index in [1.807, 2.05) is 0 Å². The summed E-state index contributed by atoms with van der Waals surface area (Å²) in [5.41, 5.74) is 0.325. The number of nitrogens with zero attached hydrogens (tertiary/aromatic N) is 6. The highest BCUT2D eigenvalue weighted by atomic mass is 32.2. The van der Waals surface area contributed by atoms with Crippen LogP contribution in [0.4, 0.5) is 16.3 Å². The van der Waals surface area contributed by atoms with Crippen molar-refractivity contribution in [3.05, 3.63) is 54.8 Å². The first-order chi connectivity index (χ1) is 20.2. The van der Waals surface area contributed by atoms with Gasteiger partial charge in [-0.3, -0.25) is 14.1 Å². The largest absolute Gasteiger partial charge is 0.494 e.